The average Bonchev–Trinajstić information content (AvgIpc) is 2.76. The monoisotopic (exact) mass is 473 g/mol. The first-order valence-corrected chi connectivity index (χ1v) is 12.5. The van der Waals surface area contributed by atoms with Crippen molar-refractivity contribution >= 4 is 19.8 Å². The van der Waals surface area contributed by atoms with E-state index >= 15 is 0 Å². The Morgan fingerprint density at radius 2 is 1.44 bits per heavy atom. The largest absolute Gasteiger partial charge is 0.475 e. The van der Waals surface area contributed by atoms with Crippen molar-refractivity contribution in [3.8, 4) is 0 Å². The van der Waals surface area contributed by atoms with E-state index < -0.39 is 37.9 Å². The fourth-order valence-corrected chi connectivity index (χ4v) is 4.37. The number of ether oxygens (including phenoxy) is 2. The molecule has 10 heteroatoms. The Morgan fingerprint density at radius 3 is 1.94 bits per heavy atom. The number of hydrogen-bond acceptors (Lipinski definition) is 9. The molecule has 9 nitrogen and oxygen atoms in total. The van der Waals surface area contributed by atoms with E-state index in [-0.39, 0.29) is 26.4 Å². The number of hydrogen-bond donors (Lipinski definition) is 1. The third kappa shape index (κ3) is 9.00. The second-order valence-corrected chi connectivity index (χ2v) is 8.33. The minimum atomic E-state index is -4.08. The van der Waals surface area contributed by atoms with Gasteiger partial charge in [0.15, 0.2) is 6.10 Å². The summed E-state index contributed by atoms with van der Waals surface area (Å²) in [7, 11) is -4.08. The number of nitrogens with one attached hydrogen (secondary N) is 1. The summed E-state index contributed by atoms with van der Waals surface area (Å²) in [5.74, 6) is -1.21. The fourth-order valence-electron chi connectivity index (χ4n) is 3.05. The summed E-state index contributed by atoms with van der Waals surface area (Å²) >= 11 is 0. The van der Waals surface area contributed by atoms with Crippen molar-refractivity contribution in [3.63, 3.8) is 0 Å². The molecule has 1 aromatic carbocycles. The lowest BCUT2D eigenvalue weighted by Gasteiger charge is -2.31. The van der Waals surface area contributed by atoms with E-state index in [0.717, 1.165) is 0 Å². The first-order chi connectivity index (χ1) is 15.4. The molecule has 0 spiro atoms. The third-order valence-electron chi connectivity index (χ3n) is 4.33. The van der Waals surface area contributed by atoms with Crippen LogP contribution in [0, 0.1) is 0 Å². The van der Waals surface area contributed by atoms with Crippen LogP contribution in [0.1, 0.15) is 59.1 Å². The molecule has 0 aliphatic heterocycles. The molecule has 0 bridgehead atoms. The molecule has 32 heavy (non-hydrogen) atoms. The van der Waals surface area contributed by atoms with Crippen LogP contribution in [0.3, 0.4) is 0 Å². The Balaban J connectivity index is 3.44. The smallest absolute Gasteiger partial charge is 0.465 e. The SMILES string of the molecule is CCCC(N[C@H](c1ccccc1)[C@@H](OP(=O)(OCC)OCC)C(=O)OCC)C(=O)OCC. The van der Waals surface area contributed by atoms with Crippen molar-refractivity contribution in [2.24, 2.45) is 0 Å². The van der Waals surface area contributed by atoms with Crippen LogP contribution in [-0.2, 0) is 37.2 Å². The molecule has 1 N–H and O–H groups in total. The van der Waals surface area contributed by atoms with Gasteiger partial charge in [-0.25, -0.2) is 9.36 Å². The molecule has 1 aromatic rings. The van der Waals surface area contributed by atoms with Gasteiger partial charge in [0.25, 0.3) is 0 Å². The molecule has 0 saturated heterocycles. The zero-order valence-electron chi connectivity index (χ0n) is 19.6. The van der Waals surface area contributed by atoms with Gasteiger partial charge in [-0.3, -0.25) is 23.7 Å². The molecule has 1 rings (SSSR count). The van der Waals surface area contributed by atoms with Gasteiger partial charge in [-0.15, -0.1) is 0 Å². The first-order valence-electron chi connectivity index (χ1n) is 11.1. The summed E-state index contributed by atoms with van der Waals surface area (Å²) in [5.41, 5.74) is 0.635. The van der Waals surface area contributed by atoms with Crippen LogP contribution in [0.15, 0.2) is 30.3 Å². The van der Waals surface area contributed by atoms with E-state index in [2.05, 4.69) is 5.32 Å². The molecule has 0 radical (unpaired) electrons. The molecule has 0 fully saturated rings. The number of rotatable bonds is 16. The molecule has 182 valence electrons. The Hall–Kier alpha value is -1.77. The standard InChI is InChI=1S/C22H36NO8P/c1-6-14-18(21(24)27-7-2)23-19(17-15-12-11-13-16-17)20(22(25)28-8-3)31-32(26,29-9-4)30-10-5/h11-13,15-16,18-20,23H,6-10,14H2,1-5H3/t18?,19-,20-/m1/s1. The minimum Gasteiger partial charge on any atom is -0.465 e. The zero-order chi connectivity index (χ0) is 24.0. The topological polar surface area (TPSA) is 109 Å². The van der Waals surface area contributed by atoms with Crippen molar-refractivity contribution in [2.75, 3.05) is 26.4 Å². The number of esters is 2. The van der Waals surface area contributed by atoms with Crippen LogP contribution < -0.4 is 5.32 Å². The van der Waals surface area contributed by atoms with Crippen LogP contribution in [0.25, 0.3) is 0 Å². The van der Waals surface area contributed by atoms with Gasteiger partial charge in [-0.05, 0) is 39.7 Å². The summed E-state index contributed by atoms with van der Waals surface area (Å²) in [4.78, 5) is 25.5. The van der Waals surface area contributed by atoms with E-state index in [9.17, 15) is 14.2 Å². The molecule has 0 aromatic heterocycles. The van der Waals surface area contributed by atoms with E-state index in [1.165, 1.54) is 0 Å². The van der Waals surface area contributed by atoms with Gasteiger partial charge in [0, 0.05) is 0 Å². The van der Waals surface area contributed by atoms with Crippen LogP contribution in [-0.4, -0.2) is 50.5 Å². The highest BCUT2D eigenvalue weighted by molar-refractivity contribution is 7.48. The Kier molecular flexibility index (Phi) is 13.4. The van der Waals surface area contributed by atoms with Gasteiger partial charge in [0.2, 0.25) is 0 Å². The average molecular weight is 474 g/mol. The van der Waals surface area contributed by atoms with Gasteiger partial charge < -0.3 is 9.47 Å². The summed E-state index contributed by atoms with van der Waals surface area (Å²) in [6, 6.07) is 7.34. The van der Waals surface area contributed by atoms with Crippen LogP contribution in [0.2, 0.25) is 0 Å². The van der Waals surface area contributed by atoms with Gasteiger partial charge in [0.05, 0.1) is 32.5 Å². The first kappa shape index (κ1) is 28.3. The van der Waals surface area contributed by atoms with Gasteiger partial charge in [-0.2, -0.15) is 0 Å². The molecule has 0 aliphatic carbocycles. The van der Waals surface area contributed by atoms with Crippen LogP contribution >= 0.6 is 7.82 Å². The predicted molar refractivity (Wildman–Crippen MR) is 120 cm³/mol. The minimum absolute atomic E-state index is 0.0531. The summed E-state index contributed by atoms with van der Waals surface area (Å²) in [6.45, 7) is 9.00. The van der Waals surface area contributed by atoms with Crippen molar-refractivity contribution in [2.45, 2.75) is 65.6 Å². The number of benzene rings is 1. The van der Waals surface area contributed by atoms with Crippen molar-refractivity contribution in [1.82, 2.24) is 5.32 Å². The fraction of sp³-hybridized carbons (Fsp3) is 0.636. The summed E-state index contributed by atoms with van der Waals surface area (Å²) in [6.07, 6.45) is -0.249. The maximum atomic E-state index is 13.1. The van der Waals surface area contributed by atoms with Crippen molar-refractivity contribution in [3.05, 3.63) is 35.9 Å². The lowest BCUT2D eigenvalue weighted by atomic mass is 9.99. The van der Waals surface area contributed by atoms with E-state index in [4.69, 9.17) is 23.0 Å². The molecular weight excluding hydrogens is 437 g/mol. The predicted octanol–water partition coefficient (Wildman–Crippen LogP) is 4.18. The Bertz CT molecular complexity index is 720. The molecule has 0 amide bonds. The molecular formula is C22H36NO8P. The lowest BCUT2D eigenvalue weighted by Crippen LogP contribution is -2.47. The molecule has 0 heterocycles. The normalized spacial score (nSPS) is 14.4. The highest BCUT2D eigenvalue weighted by Crippen LogP contribution is 2.51. The summed E-state index contributed by atoms with van der Waals surface area (Å²) < 4.78 is 39.7. The van der Waals surface area contributed by atoms with Crippen molar-refractivity contribution in [1.29, 1.82) is 0 Å². The maximum Gasteiger partial charge on any atom is 0.475 e. The number of carbonyl (C=O) groups excluding carboxylic acids is 2. The number of phosphoric acid groups is 1. The Morgan fingerprint density at radius 1 is 0.875 bits per heavy atom. The van der Waals surface area contributed by atoms with Crippen LogP contribution in [0.5, 0.6) is 0 Å². The second-order valence-electron chi connectivity index (χ2n) is 6.71. The Labute approximate surface area is 190 Å². The number of carbonyl (C=O) groups is 2. The highest BCUT2D eigenvalue weighted by Gasteiger charge is 2.41. The van der Waals surface area contributed by atoms with Gasteiger partial charge in [-0.1, -0.05) is 43.7 Å². The molecule has 0 saturated carbocycles. The molecule has 0 aliphatic rings. The molecule has 1 unspecified atom stereocenters. The van der Waals surface area contributed by atoms with Gasteiger partial charge in [0.1, 0.15) is 6.04 Å². The maximum absolute atomic E-state index is 13.1. The van der Waals surface area contributed by atoms with Crippen LogP contribution in [0.4, 0.5) is 0 Å². The van der Waals surface area contributed by atoms with E-state index in [1.54, 1.807) is 52.0 Å². The van der Waals surface area contributed by atoms with Gasteiger partial charge >= 0.3 is 19.8 Å². The lowest BCUT2D eigenvalue weighted by molar-refractivity contribution is -0.156. The third-order valence-corrected chi connectivity index (χ3v) is 5.96. The molecule has 3 atom stereocenters. The van der Waals surface area contributed by atoms with Crippen molar-refractivity contribution < 1.29 is 37.2 Å². The highest BCUT2D eigenvalue weighted by atomic mass is 31.2. The van der Waals surface area contributed by atoms with E-state index in [0.29, 0.717) is 18.4 Å². The second kappa shape index (κ2) is 15.1. The number of phosphoric ester groups is 1. The quantitative estimate of drug-likeness (QED) is 0.279. The van der Waals surface area contributed by atoms with E-state index in [1.807, 2.05) is 13.0 Å². The summed E-state index contributed by atoms with van der Waals surface area (Å²) in [5, 5.41) is 3.17. The zero-order valence-corrected chi connectivity index (χ0v) is 20.5.